The third-order valence-electron chi connectivity index (χ3n) is 4.39. The van der Waals surface area contributed by atoms with Gasteiger partial charge in [0.05, 0.1) is 10.1 Å². The highest BCUT2D eigenvalue weighted by Crippen LogP contribution is 2.20. The molecule has 0 saturated heterocycles. The molecule has 0 unspecified atom stereocenters. The SMILES string of the molecule is Cc1ccc(OC=c2[nH]n(C)c(=O)c2=Cc2sc(=O)n(CCCC(=O)O)c2O)cc1. The number of aliphatic carboxylic acids is 1. The zero-order chi connectivity index (χ0) is 21.8. The van der Waals surface area contributed by atoms with Crippen molar-refractivity contribution in [3.05, 3.63) is 65.3 Å². The van der Waals surface area contributed by atoms with E-state index in [4.69, 9.17) is 9.84 Å². The monoisotopic (exact) mass is 431 g/mol. The lowest BCUT2D eigenvalue weighted by Crippen LogP contribution is -2.34. The first kappa shape index (κ1) is 21.2. The van der Waals surface area contributed by atoms with E-state index in [9.17, 15) is 19.5 Å². The van der Waals surface area contributed by atoms with Crippen LogP contribution in [0.4, 0.5) is 0 Å². The van der Waals surface area contributed by atoms with E-state index < -0.39 is 10.8 Å². The lowest BCUT2D eigenvalue weighted by atomic mass is 10.2. The first-order valence-electron chi connectivity index (χ1n) is 9.11. The van der Waals surface area contributed by atoms with Gasteiger partial charge in [0, 0.05) is 20.0 Å². The van der Waals surface area contributed by atoms with E-state index >= 15 is 0 Å². The second-order valence-corrected chi connectivity index (χ2v) is 7.69. The summed E-state index contributed by atoms with van der Waals surface area (Å²) < 4.78 is 7.98. The number of hydrogen-bond acceptors (Lipinski definition) is 6. The Morgan fingerprint density at radius 3 is 2.63 bits per heavy atom. The molecule has 10 heteroatoms. The molecular weight excluding hydrogens is 410 g/mol. The van der Waals surface area contributed by atoms with Crippen molar-refractivity contribution in [2.45, 2.75) is 26.3 Å². The molecule has 3 N–H and O–H groups in total. The van der Waals surface area contributed by atoms with Crippen molar-refractivity contribution in [1.82, 2.24) is 14.3 Å². The van der Waals surface area contributed by atoms with Gasteiger partial charge in [-0.1, -0.05) is 29.0 Å². The van der Waals surface area contributed by atoms with Crippen LogP contribution in [0, 0.1) is 6.92 Å². The van der Waals surface area contributed by atoms with Crippen LogP contribution in [0.5, 0.6) is 11.6 Å². The quantitative estimate of drug-likeness (QED) is 0.499. The zero-order valence-electron chi connectivity index (χ0n) is 16.4. The molecule has 9 nitrogen and oxygen atoms in total. The maximum Gasteiger partial charge on any atom is 0.310 e. The highest BCUT2D eigenvalue weighted by atomic mass is 32.1. The summed E-state index contributed by atoms with van der Waals surface area (Å²) in [6.07, 6.45) is 2.89. The van der Waals surface area contributed by atoms with Crippen molar-refractivity contribution < 1.29 is 19.7 Å². The first-order valence-corrected chi connectivity index (χ1v) is 9.92. The van der Waals surface area contributed by atoms with Crippen molar-refractivity contribution in [3.8, 4) is 11.6 Å². The molecule has 0 aliphatic carbocycles. The number of aromatic nitrogens is 3. The number of ether oxygens (including phenoxy) is 1. The van der Waals surface area contributed by atoms with Gasteiger partial charge in [0.1, 0.15) is 17.4 Å². The van der Waals surface area contributed by atoms with Crippen molar-refractivity contribution in [1.29, 1.82) is 0 Å². The fourth-order valence-electron chi connectivity index (χ4n) is 2.79. The summed E-state index contributed by atoms with van der Waals surface area (Å²) in [5.41, 5.74) is 0.731. The van der Waals surface area contributed by atoms with Gasteiger partial charge in [-0.3, -0.25) is 28.7 Å². The number of hydrogen-bond donors (Lipinski definition) is 3. The maximum atomic E-state index is 12.5. The van der Waals surface area contributed by atoms with Crippen LogP contribution in [0.25, 0.3) is 12.3 Å². The molecule has 3 rings (SSSR count). The topological polar surface area (TPSA) is 127 Å². The third kappa shape index (κ3) is 4.71. The number of H-pyrrole nitrogens is 1. The summed E-state index contributed by atoms with van der Waals surface area (Å²) in [5.74, 6) is -0.688. The molecule has 0 amide bonds. The van der Waals surface area contributed by atoms with Crippen molar-refractivity contribution in [3.63, 3.8) is 0 Å². The molecule has 0 aliphatic rings. The Kier molecular flexibility index (Phi) is 6.26. The summed E-state index contributed by atoms with van der Waals surface area (Å²) in [4.78, 5) is 35.1. The second-order valence-electron chi connectivity index (χ2n) is 6.70. The maximum absolute atomic E-state index is 12.5. The van der Waals surface area contributed by atoms with Crippen LogP contribution in [-0.4, -0.2) is 30.5 Å². The average Bonchev–Trinajstić information content (AvgIpc) is 3.12. The number of carboxylic acid groups (broad SMARTS) is 1. The van der Waals surface area contributed by atoms with Gasteiger partial charge in [-0.2, -0.15) is 0 Å². The Labute approximate surface area is 174 Å². The minimum absolute atomic E-state index is 0.0714. The molecule has 0 aliphatic heterocycles. The van der Waals surface area contributed by atoms with E-state index in [1.54, 1.807) is 19.2 Å². The van der Waals surface area contributed by atoms with E-state index in [2.05, 4.69) is 5.10 Å². The molecule has 2 aromatic heterocycles. The average molecular weight is 431 g/mol. The molecule has 2 heterocycles. The van der Waals surface area contributed by atoms with Crippen LogP contribution >= 0.6 is 11.3 Å². The molecule has 30 heavy (non-hydrogen) atoms. The fraction of sp³-hybridized carbons (Fsp3) is 0.250. The molecule has 1 aromatic carbocycles. The van der Waals surface area contributed by atoms with E-state index in [1.807, 2.05) is 19.1 Å². The number of carbonyl (C=O) groups is 1. The molecular formula is C20H21N3O6S. The standard InChI is InChI=1S/C20H21N3O6S/c1-12-5-7-13(8-6-12)29-11-15-14(18(26)22(2)21-15)10-16-19(27)23(20(28)30-16)9-3-4-17(24)25/h5-8,10-11,21,27H,3-4,9H2,1-2H3,(H,24,25). The number of benzene rings is 1. The highest BCUT2D eigenvalue weighted by molar-refractivity contribution is 7.10. The molecule has 0 fully saturated rings. The van der Waals surface area contributed by atoms with E-state index in [0.29, 0.717) is 11.1 Å². The molecule has 3 aromatic rings. The number of nitrogens with zero attached hydrogens (tertiary/aromatic N) is 2. The summed E-state index contributed by atoms with van der Waals surface area (Å²) in [7, 11) is 1.54. The Bertz CT molecular complexity index is 1290. The van der Waals surface area contributed by atoms with Crippen LogP contribution in [0.1, 0.15) is 23.3 Å². The number of rotatable bonds is 7. The Balaban J connectivity index is 1.99. The van der Waals surface area contributed by atoms with Gasteiger partial charge in [0.15, 0.2) is 0 Å². The summed E-state index contributed by atoms with van der Waals surface area (Å²) in [5, 5.41) is 22.6. The van der Waals surface area contributed by atoms with Gasteiger partial charge in [0.2, 0.25) is 5.88 Å². The van der Waals surface area contributed by atoms with Gasteiger partial charge in [-0.05, 0) is 31.6 Å². The third-order valence-corrected chi connectivity index (χ3v) is 5.30. The minimum Gasteiger partial charge on any atom is -0.493 e. The molecule has 0 saturated carbocycles. The first-order chi connectivity index (χ1) is 14.3. The van der Waals surface area contributed by atoms with E-state index in [-0.39, 0.29) is 40.9 Å². The van der Waals surface area contributed by atoms with Gasteiger partial charge in [-0.15, -0.1) is 0 Å². The lowest BCUT2D eigenvalue weighted by molar-refractivity contribution is -0.137. The number of thiazole rings is 1. The minimum atomic E-state index is -0.978. The fourth-order valence-corrected chi connectivity index (χ4v) is 3.64. The largest absolute Gasteiger partial charge is 0.493 e. The predicted molar refractivity (Wildman–Crippen MR) is 112 cm³/mol. The summed E-state index contributed by atoms with van der Waals surface area (Å²) >= 11 is 0.775. The molecule has 0 spiro atoms. The van der Waals surface area contributed by atoms with Crippen LogP contribution < -0.4 is 25.7 Å². The van der Waals surface area contributed by atoms with Crippen LogP contribution in [0.2, 0.25) is 0 Å². The Morgan fingerprint density at radius 2 is 1.97 bits per heavy atom. The van der Waals surface area contributed by atoms with E-state index in [1.165, 1.54) is 17.0 Å². The number of aromatic hydroxyl groups is 1. The highest BCUT2D eigenvalue weighted by Gasteiger charge is 2.13. The molecule has 0 bridgehead atoms. The van der Waals surface area contributed by atoms with Crippen LogP contribution in [-0.2, 0) is 18.4 Å². The Hall–Kier alpha value is -3.53. The van der Waals surface area contributed by atoms with Gasteiger partial charge in [0.25, 0.3) is 5.56 Å². The van der Waals surface area contributed by atoms with Gasteiger partial charge >= 0.3 is 10.8 Å². The molecule has 0 atom stereocenters. The molecule has 158 valence electrons. The second kappa shape index (κ2) is 8.87. The number of aryl methyl sites for hydroxylation is 2. The van der Waals surface area contributed by atoms with Crippen LogP contribution in [0.15, 0.2) is 33.9 Å². The Morgan fingerprint density at radius 1 is 1.27 bits per heavy atom. The predicted octanol–water partition coefficient (Wildman–Crippen LogP) is 0.461. The smallest absolute Gasteiger partial charge is 0.310 e. The number of carboxylic acids is 1. The zero-order valence-corrected chi connectivity index (χ0v) is 17.2. The number of aromatic amines is 1. The normalized spacial score (nSPS) is 12.5. The van der Waals surface area contributed by atoms with E-state index in [0.717, 1.165) is 21.5 Å². The molecule has 0 radical (unpaired) electrons. The summed E-state index contributed by atoms with van der Waals surface area (Å²) in [6, 6.07) is 7.38. The van der Waals surface area contributed by atoms with Crippen molar-refractivity contribution in [2.24, 2.45) is 7.05 Å². The lowest BCUT2D eigenvalue weighted by Gasteiger charge is -2.01. The van der Waals surface area contributed by atoms with Gasteiger partial charge < -0.3 is 14.9 Å². The summed E-state index contributed by atoms with van der Waals surface area (Å²) in [6.45, 7) is 2.03. The number of nitrogens with one attached hydrogen (secondary N) is 1. The van der Waals surface area contributed by atoms with Crippen molar-refractivity contribution >= 4 is 29.6 Å². The van der Waals surface area contributed by atoms with Gasteiger partial charge in [-0.25, -0.2) is 0 Å². The van der Waals surface area contributed by atoms with Crippen LogP contribution in [0.3, 0.4) is 0 Å². The van der Waals surface area contributed by atoms with Crippen molar-refractivity contribution in [2.75, 3.05) is 0 Å².